The summed E-state index contributed by atoms with van der Waals surface area (Å²) >= 11 is 1.07. The molecule has 1 heterocycles. The molecule has 0 aliphatic carbocycles. The van der Waals surface area contributed by atoms with Crippen LogP contribution in [-0.4, -0.2) is 11.5 Å². The van der Waals surface area contributed by atoms with Gasteiger partial charge in [-0.25, -0.2) is 0 Å². The average molecular weight is 224 g/mol. The maximum Gasteiger partial charge on any atom is 0.324 e. The van der Waals surface area contributed by atoms with Crippen molar-refractivity contribution in [2.24, 2.45) is 11.5 Å². The lowest BCUT2D eigenvalue weighted by atomic mass is 10.2. The van der Waals surface area contributed by atoms with Gasteiger partial charge in [0, 0.05) is 24.0 Å². The summed E-state index contributed by atoms with van der Waals surface area (Å²) in [7, 11) is 0. The highest BCUT2D eigenvalue weighted by molar-refractivity contribution is 7.13. The highest BCUT2D eigenvalue weighted by Gasteiger charge is 2.12. The van der Waals surface area contributed by atoms with Crippen molar-refractivity contribution in [1.82, 2.24) is 0 Å². The number of hydrogen-bond donors (Lipinski definition) is 2. The molecule has 1 aromatic heterocycles. The highest BCUT2D eigenvalue weighted by atomic mass is 35.5. The van der Waals surface area contributed by atoms with Gasteiger partial charge in [-0.05, 0) is 5.56 Å². The molecule has 7 heteroatoms. The molecule has 0 aromatic carbocycles. The number of nitrogens with two attached hydrogens (primary N) is 2. The minimum Gasteiger partial charge on any atom is -0.329 e. The van der Waals surface area contributed by atoms with Gasteiger partial charge in [-0.1, -0.05) is 11.3 Å². The van der Waals surface area contributed by atoms with Crippen LogP contribution in [0.15, 0.2) is 11.4 Å². The Morgan fingerprint density at radius 1 is 1.69 bits per heavy atom. The quantitative estimate of drug-likeness (QED) is 0.591. The Balaban J connectivity index is 0.00000144. The van der Waals surface area contributed by atoms with Crippen molar-refractivity contribution in [3.8, 4) is 0 Å². The van der Waals surface area contributed by atoms with Crippen LogP contribution in [0.2, 0.25) is 0 Å². The maximum atomic E-state index is 10.3. The average Bonchev–Trinajstić information content (AvgIpc) is 2.51. The number of hydrogen-bond acceptors (Lipinski definition) is 5. The van der Waals surface area contributed by atoms with Crippen LogP contribution < -0.4 is 11.5 Å². The fraction of sp³-hybridized carbons (Fsp3) is 0.333. The van der Waals surface area contributed by atoms with Gasteiger partial charge in [-0.3, -0.25) is 10.1 Å². The van der Waals surface area contributed by atoms with Gasteiger partial charge >= 0.3 is 5.00 Å². The second-order valence-electron chi connectivity index (χ2n) is 2.32. The molecule has 1 aromatic rings. The zero-order valence-electron chi connectivity index (χ0n) is 6.67. The van der Waals surface area contributed by atoms with Crippen LogP contribution in [0.4, 0.5) is 5.00 Å². The smallest absolute Gasteiger partial charge is 0.324 e. The molecule has 0 unspecified atom stereocenters. The third-order valence-electron chi connectivity index (χ3n) is 1.47. The van der Waals surface area contributed by atoms with E-state index >= 15 is 0 Å². The van der Waals surface area contributed by atoms with Crippen molar-refractivity contribution < 1.29 is 4.92 Å². The first-order chi connectivity index (χ1) is 5.65. The van der Waals surface area contributed by atoms with Crippen LogP contribution in [0.3, 0.4) is 0 Å². The minimum atomic E-state index is -0.433. The summed E-state index contributed by atoms with van der Waals surface area (Å²) in [5.41, 5.74) is 11.6. The van der Waals surface area contributed by atoms with E-state index in [4.69, 9.17) is 11.5 Å². The van der Waals surface area contributed by atoms with Crippen molar-refractivity contribution in [2.45, 2.75) is 6.04 Å². The van der Waals surface area contributed by atoms with Gasteiger partial charge in [0.1, 0.15) is 0 Å². The molecule has 0 bridgehead atoms. The Morgan fingerprint density at radius 3 is 2.69 bits per heavy atom. The number of nitrogens with zero attached hydrogens (tertiary/aromatic N) is 1. The molecule has 0 aliphatic heterocycles. The predicted molar refractivity (Wildman–Crippen MR) is 54.2 cm³/mol. The first kappa shape index (κ1) is 12.3. The van der Waals surface area contributed by atoms with E-state index in [0.29, 0.717) is 6.54 Å². The number of rotatable bonds is 3. The molecule has 0 aliphatic rings. The second-order valence-corrected chi connectivity index (χ2v) is 3.21. The molecular formula is C6H10ClN3O2S. The Hall–Kier alpha value is -0.690. The van der Waals surface area contributed by atoms with E-state index in [2.05, 4.69) is 0 Å². The Bertz CT molecular complexity index is 291. The standard InChI is InChI=1S/C6H9N3O2S.ClH/c7-2-5(8)4-1-6(9(10)11)12-3-4;/h1,3,5H,2,7-8H2;1H/t5-;/m1./s1. The van der Waals surface area contributed by atoms with Gasteiger partial charge in [-0.15, -0.1) is 12.4 Å². The van der Waals surface area contributed by atoms with Crippen LogP contribution in [0.1, 0.15) is 11.6 Å². The Labute approximate surface area is 85.3 Å². The van der Waals surface area contributed by atoms with Crippen LogP contribution in [0, 0.1) is 10.1 Å². The monoisotopic (exact) mass is 223 g/mol. The largest absolute Gasteiger partial charge is 0.329 e. The lowest BCUT2D eigenvalue weighted by Crippen LogP contribution is -2.19. The van der Waals surface area contributed by atoms with Crippen molar-refractivity contribution in [3.63, 3.8) is 0 Å². The van der Waals surface area contributed by atoms with E-state index in [-0.39, 0.29) is 23.4 Å². The Morgan fingerprint density at radius 2 is 2.31 bits per heavy atom. The van der Waals surface area contributed by atoms with Gasteiger partial charge < -0.3 is 11.5 Å². The molecule has 0 saturated carbocycles. The minimum absolute atomic E-state index is 0. The summed E-state index contributed by atoms with van der Waals surface area (Å²) < 4.78 is 0. The molecule has 0 fully saturated rings. The molecular weight excluding hydrogens is 214 g/mol. The maximum absolute atomic E-state index is 10.3. The summed E-state index contributed by atoms with van der Waals surface area (Å²) in [5.74, 6) is 0. The fourth-order valence-corrected chi connectivity index (χ4v) is 1.56. The lowest BCUT2D eigenvalue weighted by molar-refractivity contribution is -0.380. The highest BCUT2D eigenvalue weighted by Crippen LogP contribution is 2.25. The van der Waals surface area contributed by atoms with Gasteiger partial charge in [0.25, 0.3) is 0 Å². The van der Waals surface area contributed by atoms with Gasteiger partial charge in [0.2, 0.25) is 0 Å². The van der Waals surface area contributed by atoms with E-state index in [1.807, 2.05) is 0 Å². The molecule has 0 radical (unpaired) electrons. The summed E-state index contributed by atoms with van der Waals surface area (Å²) in [6.07, 6.45) is 0. The molecule has 74 valence electrons. The van der Waals surface area contributed by atoms with Crippen LogP contribution in [0.5, 0.6) is 0 Å². The third-order valence-corrected chi connectivity index (χ3v) is 2.37. The molecule has 0 spiro atoms. The van der Waals surface area contributed by atoms with Crippen molar-refractivity contribution in [1.29, 1.82) is 0 Å². The first-order valence-corrected chi connectivity index (χ1v) is 4.21. The number of thiophene rings is 1. The summed E-state index contributed by atoms with van der Waals surface area (Å²) in [6, 6.07) is 1.16. The Kier molecular flexibility index (Phi) is 4.86. The number of nitro groups is 1. The fourth-order valence-electron chi connectivity index (χ4n) is 0.765. The normalized spacial score (nSPS) is 11.8. The summed E-state index contributed by atoms with van der Waals surface area (Å²) in [6.45, 7) is 0.299. The molecule has 13 heavy (non-hydrogen) atoms. The van der Waals surface area contributed by atoms with Crippen molar-refractivity contribution >= 4 is 28.7 Å². The molecule has 1 rings (SSSR count). The van der Waals surface area contributed by atoms with Gasteiger partial charge in [-0.2, -0.15) is 0 Å². The first-order valence-electron chi connectivity index (χ1n) is 3.33. The van der Waals surface area contributed by atoms with E-state index in [0.717, 1.165) is 16.9 Å². The van der Waals surface area contributed by atoms with E-state index in [1.165, 1.54) is 6.07 Å². The topological polar surface area (TPSA) is 95.2 Å². The van der Waals surface area contributed by atoms with Crippen LogP contribution >= 0.6 is 23.7 Å². The van der Waals surface area contributed by atoms with Crippen molar-refractivity contribution in [3.05, 3.63) is 27.1 Å². The summed E-state index contributed by atoms with van der Waals surface area (Å²) in [5, 5.41) is 12.0. The van der Waals surface area contributed by atoms with E-state index < -0.39 is 4.92 Å². The molecule has 1 atom stereocenters. The number of halogens is 1. The third kappa shape index (κ3) is 2.92. The zero-order valence-corrected chi connectivity index (χ0v) is 8.31. The van der Waals surface area contributed by atoms with Gasteiger partial charge in [0.05, 0.1) is 4.92 Å². The SMILES string of the molecule is Cl.NC[C@@H](N)c1csc([N+](=O)[O-])c1. The van der Waals surface area contributed by atoms with Gasteiger partial charge in [0.15, 0.2) is 0 Å². The second kappa shape index (κ2) is 5.13. The molecule has 4 N–H and O–H groups in total. The van der Waals surface area contributed by atoms with E-state index in [9.17, 15) is 10.1 Å². The van der Waals surface area contributed by atoms with Crippen molar-refractivity contribution in [2.75, 3.05) is 6.54 Å². The molecule has 0 saturated heterocycles. The van der Waals surface area contributed by atoms with Crippen LogP contribution in [-0.2, 0) is 0 Å². The zero-order chi connectivity index (χ0) is 9.14. The van der Waals surface area contributed by atoms with Crippen LogP contribution in [0.25, 0.3) is 0 Å². The summed E-state index contributed by atoms with van der Waals surface area (Å²) in [4.78, 5) is 9.84. The predicted octanol–water partition coefficient (Wildman–Crippen LogP) is 1.04. The van der Waals surface area contributed by atoms with E-state index in [1.54, 1.807) is 5.38 Å². The molecule has 0 amide bonds. The molecule has 5 nitrogen and oxygen atoms in total. The lowest BCUT2D eigenvalue weighted by Gasteiger charge is -2.02.